The van der Waals surface area contributed by atoms with Crippen molar-refractivity contribution in [1.29, 1.82) is 0 Å². The van der Waals surface area contributed by atoms with Crippen LogP contribution >= 0.6 is 0 Å². The lowest BCUT2D eigenvalue weighted by molar-refractivity contribution is 0.114. The Bertz CT molecular complexity index is 267. The van der Waals surface area contributed by atoms with E-state index < -0.39 is 0 Å². The number of rotatable bonds is 3. The molecule has 84 valence electrons. The first-order valence-corrected chi connectivity index (χ1v) is 6.32. The fourth-order valence-electron chi connectivity index (χ4n) is 2.43. The van der Waals surface area contributed by atoms with E-state index in [2.05, 4.69) is 26.0 Å². The van der Waals surface area contributed by atoms with Crippen LogP contribution in [0.1, 0.15) is 52.4 Å². The van der Waals surface area contributed by atoms with Crippen LogP contribution in [0.4, 0.5) is 0 Å². The molecule has 0 atom stereocenters. The molecule has 0 spiro atoms. The van der Waals surface area contributed by atoms with Crippen molar-refractivity contribution in [3.05, 3.63) is 23.5 Å². The van der Waals surface area contributed by atoms with Gasteiger partial charge in [-0.3, -0.25) is 0 Å². The Hall–Kier alpha value is -0.720. The molecule has 1 saturated carbocycles. The van der Waals surface area contributed by atoms with Gasteiger partial charge in [-0.15, -0.1) is 0 Å². The third-order valence-electron chi connectivity index (χ3n) is 3.51. The summed E-state index contributed by atoms with van der Waals surface area (Å²) in [5.41, 5.74) is 1.56. The highest BCUT2D eigenvalue weighted by atomic mass is 16.5. The highest BCUT2D eigenvalue weighted by Crippen LogP contribution is 2.29. The summed E-state index contributed by atoms with van der Waals surface area (Å²) in [5.74, 6) is 1.90. The maximum absolute atomic E-state index is 6.00. The highest BCUT2D eigenvalue weighted by molar-refractivity contribution is 5.22. The largest absolute Gasteiger partial charge is 0.495 e. The second-order valence-electron chi connectivity index (χ2n) is 5.05. The normalized spacial score (nSPS) is 22.9. The van der Waals surface area contributed by atoms with Crippen molar-refractivity contribution in [2.75, 3.05) is 0 Å². The smallest absolute Gasteiger partial charge is 0.0982 e. The summed E-state index contributed by atoms with van der Waals surface area (Å²) in [6, 6.07) is 0. The third kappa shape index (κ3) is 2.87. The lowest BCUT2D eigenvalue weighted by atomic mass is 9.94. The molecule has 2 aliphatic carbocycles. The topological polar surface area (TPSA) is 9.23 Å². The number of allylic oxidation sites excluding steroid dienone is 4. The average molecular weight is 206 g/mol. The fraction of sp³-hybridized carbons (Fsp3) is 0.714. The molecular weight excluding hydrogens is 184 g/mol. The summed E-state index contributed by atoms with van der Waals surface area (Å²) in [4.78, 5) is 0. The zero-order valence-corrected chi connectivity index (χ0v) is 9.96. The van der Waals surface area contributed by atoms with Gasteiger partial charge >= 0.3 is 0 Å². The van der Waals surface area contributed by atoms with Crippen LogP contribution in [-0.2, 0) is 4.74 Å². The minimum Gasteiger partial charge on any atom is -0.495 e. The molecule has 0 amide bonds. The van der Waals surface area contributed by atoms with Gasteiger partial charge in [0.15, 0.2) is 0 Å². The van der Waals surface area contributed by atoms with E-state index in [1.54, 1.807) is 5.57 Å². The van der Waals surface area contributed by atoms with Gasteiger partial charge in [-0.05, 0) is 44.1 Å². The van der Waals surface area contributed by atoms with Crippen LogP contribution in [0.15, 0.2) is 23.5 Å². The van der Waals surface area contributed by atoms with E-state index in [1.165, 1.54) is 37.9 Å². The molecule has 0 aromatic heterocycles. The van der Waals surface area contributed by atoms with Gasteiger partial charge in [0, 0.05) is 6.42 Å². The number of hydrogen-bond acceptors (Lipinski definition) is 1. The van der Waals surface area contributed by atoms with Crippen LogP contribution in [0.2, 0.25) is 0 Å². The van der Waals surface area contributed by atoms with Crippen molar-refractivity contribution < 1.29 is 4.74 Å². The van der Waals surface area contributed by atoms with Gasteiger partial charge in [0.05, 0.1) is 11.9 Å². The van der Waals surface area contributed by atoms with Crippen molar-refractivity contribution in [1.82, 2.24) is 0 Å². The molecule has 0 heterocycles. The zero-order valence-electron chi connectivity index (χ0n) is 9.96. The Labute approximate surface area is 93.2 Å². The molecule has 0 saturated heterocycles. The van der Waals surface area contributed by atoms with Crippen molar-refractivity contribution in [2.45, 2.75) is 58.5 Å². The molecule has 1 fully saturated rings. The number of ether oxygens (including phenoxy) is 1. The Morgan fingerprint density at radius 2 is 1.87 bits per heavy atom. The molecule has 0 aliphatic heterocycles. The fourth-order valence-corrected chi connectivity index (χ4v) is 2.43. The maximum Gasteiger partial charge on any atom is 0.0982 e. The van der Waals surface area contributed by atoms with E-state index in [4.69, 9.17) is 4.74 Å². The molecule has 0 radical (unpaired) electrons. The van der Waals surface area contributed by atoms with Gasteiger partial charge in [0.1, 0.15) is 0 Å². The summed E-state index contributed by atoms with van der Waals surface area (Å²) in [7, 11) is 0. The summed E-state index contributed by atoms with van der Waals surface area (Å²) < 4.78 is 6.00. The Balaban J connectivity index is 1.89. The van der Waals surface area contributed by atoms with E-state index in [-0.39, 0.29) is 0 Å². The molecule has 0 bridgehead atoms. The summed E-state index contributed by atoms with van der Waals surface area (Å²) in [6.45, 7) is 4.53. The van der Waals surface area contributed by atoms with E-state index in [0.29, 0.717) is 12.0 Å². The molecule has 0 N–H and O–H groups in total. The van der Waals surface area contributed by atoms with Crippen molar-refractivity contribution in [3.8, 4) is 0 Å². The molecule has 0 aromatic rings. The van der Waals surface area contributed by atoms with Crippen molar-refractivity contribution >= 4 is 0 Å². The first-order valence-electron chi connectivity index (χ1n) is 6.32. The van der Waals surface area contributed by atoms with Crippen LogP contribution in [-0.4, -0.2) is 6.10 Å². The zero-order chi connectivity index (χ0) is 10.7. The average Bonchev–Trinajstić information content (AvgIpc) is 2.71. The van der Waals surface area contributed by atoms with Gasteiger partial charge in [0.2, 0.25) is 0 Å². The van der Waals surface area contributed by atoms with Crippen LogP contribution in [0.5, 0.6) is 0 Å². The Kier molecular flexibility index (Phi) is 3.50. The van der Waals surface area contributed by atoms with E-state index >= 15 is 0 Å². The second kappa shape index (κ2) is 4.87. The van der Waals surface area contributed by atoms with Crippen LogP contribution < -0.4 is 0 Å². The highest BCUT2D eigenvalue weighted by Gasteiger charge is 2.18. The minimum absolute atomic E-state index is 0.519. The summed E-state index contributed by atoms with van der Waals surface area (Å²) >= 11 is 0. The lowest BCUT2D eigenvalue weighted by Crippen LogP contribution is -2.09. The molecule has 2 rings (SSSR count). The molecular formula is C14H22O. The van der Waals surface area contributed by atoms with Gasteiger partial charge in [-0.1, -0.05) is 25.5 Å². The molecule has 2 aliphatic rings. The Morgan fingerprint density at radius 3 is 2.40 bits per heavy atom. The van der Waals surface area contributed by atoms with E-state index in [1.807, 2.05) is 0 Å². The quantitative estimate of drug-likeness (QED) is 0.672. The van der Waals surface area contributed by atoms with Gasteiger partial charge in [-0.25, -0.2) is 0 Å². The van der Waals surface area contributed by atoms with Gasteiger partial charge in [0.25, 0.3) is 0 Å². The SMILES string of the molecule is CC(C)C1=CC=C(OC2CCCC2)CC1. The van der Waals surface area contributed by atoms with Gasteiger partial charge < -0.3 is 4.74 Å². The summed E-state index contributed by atoms with van der Waals surface area (Å²) in [5, 5.41) is 0. The van der Waals surface area contributed by atoms with E-state index in [0.717, 1.165) is 6.42 Å². The standard InChI is InChI=1S/C14H22O/c1-11(2)12-7-9-14(10-8-12)15-13-5-3-4-6-13/h7,9,11,13H,3-6,8,10H2,1-2H3. The molecule has 15 heavy (non-hydrogen) atoms. The Morgan fingerprint density at radius 1 is 1.13 bits per heavy atom. The van der Waals surface area contributed by atoms with Crippen molar-refractivity contribution in [2.24, 2.45) is 5.92 Å². The molecule has 1 heteroatoms. The monoisotopic (exact) mass is 206 g/mol. The predicted octanol–water partition coefficient (Wildman–Crippen LogP) is 4.21. The molecule has 0 aromatic carbocycles. The first-order chi connectivity index (χ1) is 7.25. The maximum atomic E-state index is 6.00. The van der Waals surface area contributed by atoms with Crippen LogP contribution in [0.25, 0.3) is 0 Å². The van der Waals surface area contributed by atoms with E-state index in [9.17, 15) is 0 Å². The van der Waals surface area contributed by atoms with Gasteiger partial charge in [-0.2, -0.15) is 0 Å². The second-order valence-corrected chi connectivity index (χ2v) is 5.05. The predicted molar refractivity (Wildman–Crippen MR) is 63.6 cm³/mol. The summed E-state index contributed by atoms with van der Waals surface area (Å²) in [6.07, 6.45) is 12.5. The lowest BCUT2D eigenvalue weighted by Gasteiger charge is -2.21. The third-order valence-corrected chi connectivity index (χ3v) is 3.51. The molecule has 0 unspecified atom stereocenters. The molecule has 1 nitrogen and oxygen atoms in total. The van der Waals surface area contributed by atoms with Crippen LogP contribution in [0, 0.1) is 5.92 Å². The first kappa shape index (κ1) is 10.8. The minimum atomic E-state index is 0.519. The van der Waals surface area contributed by atoms with Crippen molar-refractivity contribution in [3.63, 3.8) is 0 Å². The van der Waals surface area contributed by atoms with Crippen LogP contribution in [0.3, 0.4) is 0 Å². The number of hydrogen-bond donors (Lipinski definition) is 0.